The highest BCUT2D eigenvalue weighted by molar-refractivity contribution is 6.00. The van der Waals surface area contributed by atoms with Crippen molar-refractivity contribution in [1.29, 1.82) is 0 Å². The number of nitrogens with zero attached hydrogens (tertiary/aromatic N) is 1. The van der Waals surface area contributed by atoms with Crippen LogP contribution in [0, 0.1) is 5.92 Å². The molecule has 1 saturated heterocycles. The monoisotopic (exact) mass is 478 g/mol. The average molecular weight is 479 g/mol. The van der Waals surface area contributed by atoms with Crippen LogP contribution in [0.2, 0.25) is 0 Å². The van der Waals surface area contributed by atoms with Crippen molar-refractivity contribution in [2.75, 3.05) is 13.1 Å². The standard InChI is InChI=1S/C26H32F2N2O2.ClH/c1-3-24(31)23-16-20(15-22(30-23)18(2)19-9-5-4-6-10-19)25(32)12-8-7-11-21-13-14-29-17-26(21,27)28;/h4-6,9-10,15-16,18,21,29H,3,7-8,11-14,17H2,1-2H3;1H/t18-,21-;/m0./s1. The van der Waals surface area contributed by atoms with Crippen LogP contribution in [0.15, 0.2) is 42.5 Å². The van der Waals surface area contributed by atoms with Crippen LogP contribution in [0.5, 0.6) is 0 Å². The molecule has 1 aromatic heterocycles. The highest BCUT2D eigenvalue weighted by Gasteiger charge is 2.40. The lowest BCUT2D eigenvalue weighted by Crippen LogP contribution is -2.45. The third-order valence-electron chi connectivity index (χ3n) is 6.35. The number of alkyl halides is 2. The quantitative estimate of drug-likeness (QED) is 0.324. The predicted molar refractivity (Wildman–Crippen MR) is 129 cm³/mol. The number of rotatable bonds is 10. The number of hydrogen-bond acceptors (Lipinski definition) is 4. The molecule has 4 nitrogen and oxygen atoms in total. The van der Waals surface area contributed by atoms with E-state index < -0.39 is 11.8 Å². The largest absolute Gasteiger partial charge is 0.311 e. The van der Waals surface area contributed by atoms with Gasteiger partial charge in [-0.05, 0) is 43.5 Å². The summed E-state index contributed by atoms with van der Waals surface area (Å²) in [6.07, 6.45) is 2.63. The molecule has 0 bridgehead atoms. The van der Waals surface area contributed by atoms with Crippen LogP contribution < -0.4 is 5.32 Å². The van der Waals surface area contributed by atoms with E-state index in [-0.39, 0.29) is 42.9 Å². The third kappa shape index (κ3) is 7.15. The molecule has 2 heterocycles. The van der Waals surface area contributed by atoms with Crippen LogP contribution in [0.4, 0.5) is 8.78 Å². The summed E-state index contributed by atoms with van der Waals surface area (Å²) in [5.74, 6) is -3.53. The summed E-state index contributed by atoms with van der Waals surface area (Å²) >= 11 is 0. The molecule has 0 radical (unpaired) electrons. The van der Waals surface area contributed by atoms with Crippen molar-refractivity contribution >= 4 is 24.0 Å². The Labute approximate surface area is 201 Å². The molecule has 1 aromatic carbocycles. The van der Waals surface area contributed by atoms with Crippen LogP contribution in [0.3, 0.4) is 0 Å². The van der Waals surface area contributed by atoms with E-state index in [1.54, 1.807) is 19.1 Å². The first kappa shape index (κ1) is 27.1. The lowest BCUT2D eigenvalue weighted by atomic mass is 9.88. The topological polar surface area (TPSA) is 59.1 Å². The normalized spacial score (nSPS) is 18.2. The molecular weight excluding hydrogens is 446 g/mol. The lowest BCUT2D eigenvalue weighted by molar-refractivity contribution is -0.0765. The van der Waals surface area contributed by atoms with Crippen molar-refractivity contribution in [2.24, 2.45) is 5.92 Å². The summed E-state index contributed by atoms with van der Waals surface area (Å²) < 4.78 is 27.9. The molecule has 1 N–H and O–H groups in total. The molecule has 0 amide bonds. The molecule has 0 aliphatic carbocycles. The second-order valence-electron chi connectivity index (χ2n) is 8.67. The van der Waals surface area contributed by atoms with Gasteiger partial charge in [0.15, 0.2) is 11.6 Å². The van der Waals surface area contributed by atoms with E-state index in [4.69, 9.17) is 0 Å². The molecule has 180 valence electrons. The number of benzene rings is 1. The number of ketones is 2. The van der Waals surface area contributed by atoms with Crippen LogP contribution in [0.1, 0.15) is 90.4 Å². The zero-order valence-electron chi connectivity index (χ0n) is 19.3. The number of carbonyl (C=O) groups excluding carboxylic acids is 2. The Morgan fingerprint density at radius 1 is 1.15 bits per heavy atom. The van der Waals surface area contributed by atoms with E-state index in [1.165, 1.54) is 0 Å². The minimum Gasteiger partial charge on any atom is -0.311 e. The van der Waals surface area contributed by atoms with Crippen molar-refractivity contribution in [1.82, 2.24) is 10.3 Å². The first-order chi connectivity index (χ1) is 15.3. The lowest BCUT2D eigenvalue weighted by Gasteiger charge is -2.31. The van der Waals surface area contributed by atoms with Gasteiger partial charge in [-0.1, -0.05) is 50.6 Å². The number of piperidine rings is 1. The van der Waals surface area contributed by atoms with Crippen molar-refractivity contribution in [3.63, 3.8) is 0 Å². The molecule has 1 aliphatic heterocycles. The Hall–Kier alpha value is -2.18. The zero-order chi connectivity index (χ0) is 23.1. The van der Waals surface area contributed by atoms with E-state index in [0.717, 1.165) is 5.56 Å². The van der Waals surface area contributed by atoms with E-state index >= 15 is 0 Å². The van der Waals surface area contributed by atoms with Crippen molar-refractivity contribution in [3.8, 4) is 0 Å². The average Bonchev–Trinajstić information content (AvgIpc) is 2.81. The Kier molecular flexibility index (Phi) is 10.1. The molecule has 0 spiro atoms. The maximum absolute atomic E-state index is 14.0. The molecule has 1 fully saturated rings. The number of nitrogens with one attached hydrogen (secondary N) is 1. The second kappa shape index (κ2) is 12.3. The molecule has 1 aliphatic rings. The number of unbranched alkanes of at least 4 members (excludes halogenated alkanes) is 1. The molecule has 7 heteroatoms. The Balaban J connectivity index is 0.00000385. The Morgan fingerprint density at radius 3 is 2.55 bits per heavy atom. The number of pyridine rings is 1. The number of hydrogen-bond donors (Lipinski definition) is 1. The molecule has 0 unspecified atom stereocenters. The number of carbonyl (C=O) groups is 2. The Morgan fingerprint density at radius 2 is 1.88 bits per heavy atom. The van der Waals surface area contributed by atoms with Crippen molar-refractivity contribution in [2.45, 2.75) is 64.2 Å². The SMILES string of the molecule is CCC(=O)c1cc(C(=O)CCCC[C@H]2CCNCC2(F)F)cc([C@@H](C)c2ccccc2)n1.Cl. The maximum Gasteiger partial charge on any atom is 0.263 e. The summed E-state index contributed by atoms with van der Waals surface area (Å²) in [4.78, 5) is 29.8. The minimum absolute atomic E-state index is 0. The van der Waals surface area contributed by atoms with Crippen LogP contribution >= 0.6 is 12.4 Å². The van der Waals surface area contributed by atoms with Gasteiger partial charge in [0.25, 0.3) is 5.92 Å². The van der Waals surface area contributed by atoms with Gasteiger partial charge in [-0.2, -0.15) is 0 Å². The fraction of sp³-hybridized carbons (Fsp3) is 0.500. The van der Waals surface area contributed by atoms with E-state index in [2.05, 4.69) is 10.3 Å². The summed E-state index contributed by atoms with van der Waals surface area (Å²) in [5.41, 5.74) is 2.53. The molecule has 33 heavy (non-hydrogen) atoms. The van der Waals surface area contributed by atoms with Crippen LogP contribution in [-0.2, 0) is 0 Å². The van der Waals surface area contributed by atoms with Crippen LogP contribution in [-0.4, -0.2) is 35.6 Å². The molecule has 3 rings (SSSR count). The number of Topliss-reactive ketones (excluding diaryl/α,β-unsaturated/α-hetero) is 2. The first-order valence-electron chi connectivity index (χ1n) is 11.5. The van der Waals surface area contributed by atoms with E-state index in [9.17, 15) is 18.4 Å². The highest BCUT2D eigenvalue weighted by atomic mass is 35.5. The van der Waals surface area contributed by atoms with Crippen molar-refractivity contribution in [3.05, 3.63) is 65.0 Å². The maximum atomic E-state index is 14.0. The van der Waals surface area contributed by atoms with Gasteiger partial charge in [0.1, 0.15) is 5.69 Å². The van der Waals surface area contributed by atoms with Gasteiger partial charge in [-0.3, -0.25) is 9.59 Å². The van der Waals surface area contributed by atoms with Gasteiger partial charge >= 0.3 is 0 Å². The summed E-state index contributed by atoms with van der Waals surface area (Å²) in [5, 5.41) is 2.74. The van der Waals surface area contributed by atoms with E-state index in [1.807, 2.05) is 37.3 Å². The number of halogens is 3. The van der Waals surface area contributed by atoms with Gasteiger partial charge < -0.3 is 5.32 Å². The van der Waals surface area contributed by atoms with Gasteiger partial charge in [0, 0.05) is 35.9 Å². The first-order valence-corrected chi connectivity index (χ1v) is 11.5. The highest BCUT2D eigenvalue weighted by Crippen LogP contribution is 2.33. The fourth-order valence-electron chi connectivity index (χ4n) is 4.23. The van der Waals surface area contributed by atoms with Gasteiger partial charge in [0.05, 0.1) is 6.54 Å². The van der Waals surface area contributed by atoms with Gasteiger partial charge in [0.2, 0.25) is 0 Å². The predicted octanol–water partition coefficient (Wildman–Crippen LogP) is 6.24. The van der Waals surface area contributed by atoms with Crippen molar-refractivity contribution < 1.29 is 18.4 Å². The Bertz CT molecular complexity index is 937. The summed E-state index contributed by atoms with van der Waals surface area (Å²) in [7, 11) is 0. The van der Waals surface area contributed by atoms with Gasteiger partial charge in [-0.25, -0.2) is 13.8 Å². The third-order valence-corrected chi connectivity index (χ3v) is 6.35. The molecular formula is C26H33ClF2N2O2. The fourth-order valence-corrected chi connectivity index (χ4v) is 4.23. The molecule has 0 saturated carbocycles. The zero-order valence-corrected chi connectivity index (χ0v) is 20.1. The van der Waals surface area contributed by atoms with E-state index in [0.29, 0.717) is 55.6 Å². The minimum atomic E-state index is -2.68. The summed E-state index contributed by atoms with van der Waals surface area (Å²) in [6.45, 7) is 4.14. The molecule has 2 aromatic rings. The van der Waals surface area contributed by atoms with Gasteiger partial charge in [-0.15, -0.1) is 12.4 Å². The number of aromatic nitrogens is 1. The smallest absolute Gasteiger partial charge is 0.263 e. The summed E-state index contributed by atoms with van der Waals surface area (Å²) in [6, 6.07) is 13.2. The second-order valence-corrected chi connectivity index (χ2v) is 8.67. The van der Waals surface area contributed by atoms with Crippen LogP contribution in [0.25, 0.3) is 0 Å². The molecule has 2 atom stereocenters.